The smallest absolute Gasteiger partial charge is 0.326 e. The van der Waals surface area contributed by atoms with Gasteiger partial charge >= 0.3 is 5.69 Å². The Hall–Kier alpha value is -2.63. The summed E-state index contributed by atoms with van der Waals surface area (Å²) >= 11 is 0. The largest absolute Gasteiger partial charge is 0.328 e. The van der Waals surface area contributed by atoms with E-state index < -0.39 is 11.2 Å². The third-order valence-corrected chi connectivity index (χ3v) is 2.98. The molecule has 1 aromatic carbocycles. The average molecular weight is 287 g/mol. The molecular formula is C15H17N3O3. The Labute approximate surface area is 121 Å². The minimum absolute atomic E-state index is 0.152. The number of hydrogen-bond donors (Lipinski definition) is 2. The van der Waals surface area contributed by atoms with Crippen molar-refractivity contribution in [2.45, 2.75) is 26.8 Å². The number of nitrogens with one attached hydrogen (secondary N) is 2. The molecule has 0 aliphatic heterocycles. The lowest BCUT2D eigenvalue weighted by Gasteiger charge is -2.08. The zero-order valence-corrected chi connectivity index (χ0v) is 12.0. The van der Waals surface area contributed by atoms with E-state index in [1.165, 1.54) is 16.8 Å². The molecule has 2 rings (SSSR count). The second-order valence-corrected chi connectivity index (χ2v) is 4.98. The van der Waals surface area contributed by atoms with E-state index >= 15 is 0 Å². The summed E-state index contributed by atoms with van der Waals surface area (Å²) in [6.07, 6.45) is 1.53. The summed E-state index contributed by atoms with van der Waals surface area (Å²) in [4.78, 5) is 36.4. The molecule has 0 fully saturated rings. The normalized spacial score (nSPS) is 10.4. The number of nitrogens with zero attached hydrogens (tertiary/aromatic N) is 1. The van der Waals surface area contributed by atoms with Crippen molar-refractivity contribution in [3.63, 3.8) is 0 Å². The molecule has 0 unspecified atom stereocenters. The summed E-state index contributed by atoms with van der Waals surface area (Å²) in [5.41, 5.74) is 1.92. The molecule has 2 aromatic rings. The van der Waals surface area contributed by atoms with E-state index in [9.17, 15) is 14.4 Å². The Morgan fingerprint density at radius 1 is 1.19 bits per heavy atom. The first kappa shape index (κ1) is 14.8. The molecule has 110 valence electrons. The number of carbonyl (C=O) groups excluding carboxylic acids is 1. The monoisotopic (exact) mass is 287 g/mol. The van der Waals surface area contributed by atoms with Crippen molar-refractivity contribution in [1.29, 1.82) is 0 Å². The van der Waals surface area contributed by atoms with Gasteiger partial charge in [-0.1, -0.05) is 6.07 Å². The second kappa shape index (κ2) is 6.21. The van der Waals surface area contributed by atoms with Crippen molar-refractivity contribution >= 4 is 11.6 Å². The number of benzene rings is 1. The van der Waals surface area contributed by atoms with Gasteiger partial charge in [-0.05, 0) is 37.1 Å². The number of aryl methyl sites for hydroxylation is 3. The molecule has 2 N–H and O–H groups in total. The molecular weight excluding hydrogens is 270 g/mol. The van der Waals surface area contributed by atoms with Gasteiger partial charge < -0.3 is 9.88 Å². The first-order valence-electron chi connectivity index (χ1n) is 6.62. The van der Waals surface area contributed by atoms with Crippen LogP contribution in [0.3, 0.4) is 0 Å². The van der Waals surface area contributed by atoms with Crippen molar-refractivity contribution in [3.05, 3.63) is 62.4 Å². The summed E-state index contributed by atoms with van der Waals surface area (Å²) in [6.45, 7) is 4.14. The standard InChI is InChI=1S/C15H17N3O3/c1-10-7-11(2)9-12(8-10)16-13(19)3-5-18-6-4-14(20)17-15(18)21/h4,6-9H,3,5H2,1-2H3,(H,16,19)(H,17,20,21). The van der Waals surface area contributed by atoms with Gasteiger partial charge in [-0.15, -0.1) is 0 Å². The van der Waals surface area contributed by atoms with Crippen molar-refractivity contribution in [1.82, 2.24) is 9.55 Å². The molecule has 0 bridgehead atoms. The van der Waals surface area contributed by atoms with Gasteiger partial charge in [0.05, 0.1) is 0 Å². The molecule has 1 amide bonds. The van der Waals surface area contributed by atoms with Gasteiger partial charge in [-0.3, -0.25) is 14.6 Å². The number of rotatable bonds is 4. The van der Waals surface area contributed by atoms with Crippen LogP contribution in [0.5, 0.6) is 0 Å². The fourth-order valence-electron chi connectivity index (χ4n) is 2.11. The summed E-state index contributed by atoms with van der Waals surface area (Å²) in [5, 5.41) is 2.80. The van der Waals surface area contributed by atoms with E-state index in [1.807, 2.05) is 32.0 Å². The molecule has 0 atom stereocenters. The number of aromatic nitrogens is 2. The lowest BCUT2D eigenvalue weighted by atomic mass is 10.1. The Bertz CT molecular complexity index is 754. The van der Waals surface area contributed by atoms with Crippen LogP contribution in [0.4, 0.5) is 5.69 Å². The van der Waals surface area contributed by atoms with Crippen LogP contribution < -0.4 is 16.6 Å². The predicted octanol–water partition coefficient (Wildman–Crippen LogP) is 1.18. The zero-order chi connectivity index (χ0) is 15.4. The Morgan fingerprint density at radius 3 is 2.48 bits per heavy atom. The summed E-state index contributed by atoms with van der Waals surface area (Å²) in [7, 11) is 0. The van der Waals surface area contributed by atoms with Gasteiger partial charge in [0.15, 0.2) is 0 Å². The van der Waals surface area contributed by atoms with Crippen LogP contribution in [0, 0.1) is 13.8 Å². The van der Waals surface area contributed by atoms with Gasteiger partial charge in [0, 0.05) is 30.9 Å². The van der Waals surface area contributed by atoms with Crippen molar-refractivity contribution in [3.8, 4) is 0 Å². The van der Waals surface area contributed by atoms with Crippen LogP contribution in [-0.2, 0) is 11.3 Å². The number of anilines is 1. The maximum Gasteiger partial charge on any atom is 0.328 e. The molecule has 0 spiro atoms. The lowest BCUT2D eigenvalue weighted by molar-refractivity contribution is -0.116. The molecule has 0 aliphatic rings. The topological polar surface area (TPSA) is 84.0 Å². The number of aromatic amines is 1. The van der Waals surface area contributed by atoms with E-state index in [0.29, 0.717) is 0 Å². The van der Waals surface area contributed by atoms with Crippen LogP contribution in [0.2, 0.25) is 0 Å². The van der Waals surface area contributed by atoms with E-state index in [1.54, 1.807) is 0 Å². The Kier molecular flexibility index (Phi) is 4.37. The summed E-state index contributed by atoms with van der Waals surface area (Å²) < 4.78 is 1.29. The minimum atomic E-state index is -0.512. The van der Waals surface area contributed by atoms with Gasteiger partial charge in [0.25, 0.3) is 5.56 Å². The zero-order valence-electron chi connectivity index (χ0n) is 12.0. The molecule has 0 saturated carbocycles. The molecule has 1 heterocycles. The van der Waals surface area contributed by atoms with E-state index in [4.69, 9.17) is 0 Å². The van der Waals surface area contributed by atoms with Crippen molar-refractivity contribution in [2.75, 3.05) is 5.32 Å². The number of hydrogen-bond acceptors (Lipinski definition) is 3. The molecule has 0 saturated heterocycles. The molecule has 0 radical (unpaired) electrons. The average Bonchev–Trinajstić information content (AvgIpc) is 2.36. The number of carbonyl (C=O) groups is 1. The van der Waals surface area contributed by atoms with E-state index in [-0.39, 0.29) is 18.9 Å². The first-order valence-corrected chi connectivity index (χ1v) is 6.62. The molecule has 1 aromatic heterocycles. The highest BCUT2D eigenvalue weighted by Gasteiger charge is 2.05. The predicted molar refractivity (Wildman–Crippen MR) is 80.5 cm³/mol. The van der Waals surface area contributed by atoms with Gasteiger partial charge in [0.2, 0.25) is 5.91 Å². The Morgan fingerprint density at radius 2 is 1.86 bits per heavy atom. The first-order chi connectivity index (χ1) is 9.94. The van der Waals surface area contributed by atoms with Crippen LogP contribution in [0.25, 0.3) is 0 Å². The molecule has 6 nitrogen and oxygen atoms in total. The molecule has 0 aliphatic carbocycles. The highest BCUT2D eigenvalue weighted by Crippen LogP contribution is 2.13. The maximum absolute atomic E-state index is 11.9. The van der Waals surface area contributed by atoms with Gasteiger partial charge in [0.1, 0.15) is 0 Å². The summed E-state index contributed by atoms with van der Waals surface area (Å²) in [5.74, 6) is -0.182. The Balaban J connectivity index is 1.99. The SMILES string of the molecule is Cc1cc(C)cc(NC(=O)CCn2ccc(=O)[nH]c2=O)c1. The van der Waals surface area contributed by atoms with Crippen LogP contribution in [0.1, 0.15) is 17.5 Å². The van der Waals surface area contributed by atoms with Gasteiger partial charge in [-0.25, -0.2) is 4.79 Å². The lowest BCUT2D eigenvalue weighted by Crippen LogP contribution is -2.29. The fraction of sp³-hybridized carbons (Fsp3) is 0.267. The van der Waals surface area contributed by atoms with E-state index in [0.717, 1.165) is 16.8 Å². The molecule has 6 heteroatoms. The summed E-state index contributed by atoms with van der Waals surface area (Å²) in [6, 6.07) is 7.05. The fourth-order valence-corrected chi connectivity index (χ4v) is 2.11. The van der Waals surface area contributed by atoms with E-state index in [2.05, 4.69) is 10.3 Å². The minimum Gasteiger partial charge on any atom is -0.326 e. The van der Waals surface area contributed by atoms with Crippen LogP contribution in [-0.4, -0.2) is 15.5 Å². The van der Waals surface area contributed by atoms with Crippen LogP contribution in [0.15, 0.2) is 40.1 Å². The maximum atomic E-state index is 11.9. The number of H-pyrrole nitrogens is 1. The van der Waals surface area contributed by atoms with Crippen LogP contribution >= 0.6 is 0 Å². The van der Waals surface area contributed by atoms with Crippen molar-refractivity contribution < 1.29 is 4.79 Å². The van der Waals surface area contributed by atoms with Gasteiger partial charge in [-0.2, -0.15) is 0 Å². The quantitative estimate of drug-likeness (QED) is 0.885. The second-order valence-electron chi connectivity index (χ2n) is 4.98. The van der Waals surface area contributed by atoms with Crippen molar-refractivity contribution in [2.24, 2.45) is 0 Å². The number of amides is 1. The molecule has 21 heavy (non-hydrogen) atoms. The third kappa shape index (κ3) is 4.17. The highest BCUT2D eigenvalue weighted by atomic mass is 16.2. The third-order valence-electron chi connectivity index (χ3n) is 2.98. The highest BCUT2D eigenvalue weighted by molar-refractivity contribution is 5.90.